The van der Waals surface area contributed by atoms with E-state index in [-0.39, 0.29) is 17.3 Å². The Balaban J connectivity index is 1.80. The molecule has 1 fully saturated rings. The SMILES string of the molecule is CCCN1CCOC(c2nc3c(s2)C(=O)CC(C)(C)C3)C1. The second-order valence-corrected chi connectivity index (χ2v) is 7.96. The lowest BCUT2D eigenvalue weighted by Gasteiger charge is -2.31. The highest BCUT2D eigenvalue weighted by molar-refractivity contribution is 7.14. The van der Waals surface area contributed by atoms with Gasteiger partial charge >= 0.3 is 0 Å². The second kappa shape index (κ2) is 5.78. The number of aromatic nitrogens is 1. The van der Waals surface area contributed by atoms with Crippen LogP contribution in [0.3, 0.4) is 0 Å². The van der Waals surface area contributed by atoms with E-state index in [1.165, 1.54) is 0 Å². The molecule has 0 radical (unpaired) electrons. The van der Waals surface area contributed by atoms with Gasteiger partial charge in [0.25, 0.3) is 0 Å². The number of morpholine rings is 1. The van der Waals surface area contributed by atoms with E-state index >= 15 is 0 Å². The van der Waals surface area contributed by atoms with Gasteiger partial charge in [0.05, 0.1) is 17.2 Å². The van der Waals surface area contributed by atoms with E-state index in [0.717, 1.165) is 54.7 Å². The van der Waals surface area contributed by atoms with Crippen LogP contribution in [-0.2, 0) is 11.2 Å². The molecule has 3 rings (SSSR count). The molecule has 21 heavy (non-hydrogen) atoms. The molecule has 0 amide bonds. The number of nitrogens with zero attached hydrogens (tertiary/aromatic N) is 2. The van der Waals surface area contributed by atoms with Crippen LogP contribution in [0.4, 0.5) is 0 Å². The molecule has 0 saturated carbocycles. The minimum atomic E-state index is 0.0387. The summed E-state index contributed by atoms with van der Waals surface area (Å²) in [6, 6.07) is 0. The summed E-state index contributed by atoms with van der Waals surface area (Å²) < 4.78 is 5.90. The summed E-state index contributed by atoms with van der Waals surface area (Å²) in [4.78, 5) is 20.4. The first-order valence-corrected chi connectivity index (χ1v) is 8.67. The molecule has 116 valence electrons. The van der Waals surface area contributed by atoms with E-state index in [1.807, 2.05) is 0 Å². The Labute approximate surface area is 130 Å². The van der Waals surface area contributed by atoms with Gasteiger partial charge < -0.3 is 4.74 Å². The number of thiazole rings is 1. The molecule has 1 atom stereocenters. The fraction of sp³-hybridized carbons (Fsp3) is 0.750. The fourth-order valence-electron chi connectivity index (χ4n) is 3.25. The van der Waals surface area contributed by atoms with E-state index in [9.17, 15) is 4.79 Å². The van der Waals surface area contributed by atoms with Crippen molar-refractivity contribution in [3.05, 3.63) is 15.6 Å². The van der Waals surface area contributed by atoms with Crippen molar-refractivity contribution in [3.8, 4) is 0 Å². The van der Waals surface area contributed by atoms with Crippen molar-refractivity contribution in [1.82, 2.24) is 9.88 Å². The van der Waals surface area contributed by atoms with E-state index in [4.69, 9.17) is 9.72 Å². The van der Waals surface area contributed by atoms with E-state index in [1.54, 1.807) is 11.3 Å². The van der Waals surface area contributed by atoms with Gasteiger partial charge in [0.2, 0.25) is 0 Å². The molecule has 2 heterocycles. The molecular weight excluding hydrogens is 284 g/mol. The number of ketones is 1. The molecule has 1 aromatic rings. The standard InChI is InChI=1S/C16H24N2O2S/c1-4-5-18-6-7-20-13(10-18)15-17-11-8-16(2,3)9-12(19)14(11)21-15/h13H,4-10H2,1-3H3. The summed E-state index contributed by atoms with van der Waals surface area (Å²) in [6.45, 7) is 10.3. The lowest BCUT2D eigenvalue weighted by atomic mass is 9.78. The molecule has 0 N–H and O–H groups in total. The molecule has 0 aromatic carbocycles. The maximum Gasteiger partial charge on any atom is 0.175 e. The summed E-state index contributed by atoms with van der Waals surface area (Å²) >= 11 is 1.56. The normalized spacial score (nSPS) is 25.9. The molecule has 1 unspecified atom stereocenters. The molecule has 1 saturated heterocycles. The number of hydrogen-bond donors (Lipinski definition) is 0. The summed E-state index contributed by atoms with van der Waals surface area (Å²) in [6.07, 6.45) is 2.73. The maximum atomic E-state index is 12.3. The minimum absolute atomic E-state index is 0.0387. The van der Waals surface area contributed by atoms with Crippen LogP contribution in [0, 0.1) is 5.41 Å². The Kier molecular flexibility index (Phi) is 4.17. The highest BCUT2D eigenvalue weighted by Crippen LogP contribution is 2.39. The molecule has 1 aliphatic carbocycles. The smallest absolute Gasteiger partial charge is 0.175 e. The van der Waals surface area contributed by atoms with Gasteiger partial charge in [0.15, 0.2) is 5.78 Å². The molecule has 0 spiro atoms. The summed E-state index contributed by atoms with van der Waals surface area (Å²) in [5.74, 6) is 0.256. The van der Waals surface area contributed by atoms with Gasteiger partial charge in [-0.25, -0.2) is 4.98 Å². The third-order valence-corrected chi connectivity index (χ3v) is 5.45. The fourth-order valence-corrected chi connectivity index (χ4v) is 4.31. The van der Waals surface area contributed by atoms with Crippen molar-refractivity contribution in [3.63, 3.8) is 0 Å². The zero-order chi connectivity index (χ0) is 15.0. The van der Waals surface area contributed by atoms with Gasteiger partial charge in [0.1, 0.15) is 11.1 Å². The zero-order valence-corrected chi connectivity index (χ0v) is 14.0. The lowest BCUT2D eigenvalue weighted by Crippen LogP contribution is -2.38. The third-order valence-electron chi connectivity index (χ3n) is 4.22. The van der Waals surface area contributed by atoms with Crippen molar-refractivity contribution in [2.24, 2.45) is 5.41 Å². The summed E-state index contributed by atoms with van der Waals surface area (Å²) in [5, 5.41) is 0.992. The number of ether oxygens (including phenoxy) is 1. The van der Waals surface area contributed by atoms with Gasteiger partial charge in [0, 0.05) is 19.5 Å². The van der Waals surface area contributed by atoms with Crippen LogP contribution >= 0.6 is 11.3 Å². The predicted octanol–water partition coefficient (Wildman–Crippen LogP) is 3.08. The third kappa shape index (κ3) is 3.20. The van der Waals surface area contributed by atoms with Crippen LogP contribution in [-0.4, -0.2) is 41.9 Å². The van der Waals surface area contributed by atoms with E-state index < -0.39 is 0 Å². The van der Waals surface area contributed by atoms with Gasteiger partial charge in [-0.3, -0.25) is 9.69 Å². The minimum Gasteiger partial charge on any atom is -0.368 e. The summed E-state index contributed by atoms with van der Waals surface area (Å²) in [5.41, 5.74) is 1.03. The van der Waals surface area contributed by atoms with Crippen molar-refractivity contribution < 1.29 is 9.53 Å². The first-order chi connectivity index (χ1) is 9.98. The van der Waals surface area contributed by atoms with Crippen molar-refractivity contribution in [1.29, 1.82) is 0 Å². The molecule has 4 nitrogen and oxygen atoms in total. The van der Waals surface area contributed by atoms with Gasteiger partial charge in [-0.05, 0) is 24.8 Å². The zero-order valence-electron chi connectivity index (χ0n) is 13.1. The molecule has 1 aliphatic heterocycles. The average Bonchev–Trinajstić information content (AvgIpc) is 2.82. The Morgan fingerprint density at radius 1 is 1.43 bits per heavy atom. The van der Waals surface area contributed by atoms with E-state index in [2.05, 4.69) is 25.7 Å². The lowest BCUT2D eigenvalue weighted by molar-refractivity contribution is -0.0300. The van der Waals surface area contributed by atoms with Gasteiger partial charge in [-0.2, -0.15) is 0 Å². The molecule has 2 aliphatic rings. The number of rotatable bonds is 3. The Hall–Kier alpha value is -0.780. The van der Waals surface area contributed by atoms with Crippen molar-refractivity contribution >= 4 is 17.1 Å². The topological polar surface area (TPSA) is 42.4 Å². The molecular formula is C16H24N2O2S. The Bertz CT molecular complexity index is 536. The molecule has 5 heteroatoms. The van der Waals surface area contributed by atoms with Gasteiger partial charge in [-0.1, -0.05) is 20.8 Å². The van der Waals surface area contributed by atoms with Crippen LogP contribution in [0.15, 0.2) is 0 Å². The summed E-state index contributed by atoms with van der Waals surface area (Å²) in [7, 11) is 0. The van der Waals surface area contributed by atoms with Crippen molar-refractivity contribution in [2.45, 2.75) is 46.1 Å². The number of fused-ring (bicyclic) bond motifs is 1. The van der Waals surface area contributed by atoms with Crippen LogP contribution in [0.25, 0.3) is 0 Å². The number of carbonyl (C=O) groups is 1. The van der Waals surface area contributed by atoms with Crippen LogP contribution in [0.1, 0.15) is 60.1 Å². The number of hydrogen-bond acceptors (Lipinski definition) is 5. The maximum absolute atomic E-state index is 12.3. The molecule has 0 bridgehead atoms. The van der Waals surface area contributed by atoms with E-state index in [0.29, 0.717) is 6.42 Å². The van der Waals surface area contributed by atoms with Gasteiger partial charge in [-0.15, -0.1) is 11.3 Å². The predicted molar refractivity (Wildman–Crippen MR) is 84.0 cm³/mol. The van der Waals surface area contributed by atoms with Crippen LogP contribution in [0.2, 0.25) is 0 Å². The quantitative estimate of drug-likeness (QED) is 0.860. The first-order valence-electron chi connectivity index (χ1n) is 7.85. The average molecular weight is 308 g/mol. The monoisotopic (exact) mass is 308 g/mol. The number of Topliss-reactive ketones (excluding diaryl/α,β-unsaturated/α-hetero) is 1. The first kappa shape index (κ1) is 15.1. The molecule has 1 aromatic heterocycles. The van der Waals surface area contributed by atoms with Crippen LogP contribution < -0.4 is 0 Å². The highest BCUT2D eigenvalue weighted by Gasteiger charge is 2.35. The highest BCUT2D eigenvalue weighted by atomic mass is 32.1. The van der Waals surface area contributed by atoms with Crippen molar-refractivity contribution in [2.75, 3.05) is 26.2 Å². The van der Waals surface area contributed by atoms with Crippen LogP contribution in [0.5, 0.6) is 0 Å². The second-order valence-electron chi connectivity index (χ2n) is 6.93. The Morgan fingerprint density at radius 3 is 3.00 bits per heavy atom. The largest absolute Gasteiger partial charge is 0.368 e. The Morgan fingerprint density at radius 2 is 2.24 bits per heavy atom. The number of carbonyl (C=O) groups excluding carboxylic acids is 1.